The van der Waals surface area contributed by atoms with E-state index in [0.717, 1.165) is 37.3 Å². The minimum atomic E-state index is -2.53. The van der Waals surface area contributed by atoms with Crippen LogP contribution < -0.4 is 5.32 Å². The van der Waals surface area contributed by atoms with Gasteiger partial charge in [-0.05, 0) is 57.1 Å². The van der Waals surface area contributed by atoms with Gasteiger partial charge in [0.05, 0.1) is 4.88 Å². The SMILES string of the molecule is CC1(C)[C@H](NC(=O)c2cc3cccc(C(F)F)c3s2)C2CCN1CC2. The van der Waals surface area contributed by atoms with E-state index in [4.69, 9.17) is 0 Å². The molecule has 3 nitrogen and oxygen atoms in total. The van der Waals surface area contributed by atoms with Crippen LogP contribution in [0.15, 0.2) is 24.3 Å². The quantitative estimate of drug-likeness (QED) is 0.873. The molecule has 1 amide bonds. The lowest BCUT2D eigenvalue weighted by Crippen LogP contribution is -2.69. The Kier molecular flexibility index (Phi) is 4.07. The van der Waals surface area contributed by atoms with Gasteiger partial charge in [0.2, 0.25) is 0 Å². The molecule has 2 bridgehead atoms. The molecule has 1 aromatic heterocycles. The molecule has 0 unspecified atom stereocenters. The van der Waals surface area contributed by atoms with Crippen LogP contribution in [-0.2, 0) is 0 Å². The Morgan fingerprint density at radius 2 is 2.04 bits per heavy atom. The van der Waals surface area contributed by atoms with Gasteiger partial charge in [-0.1, -0.05) is 18.2 Å². The van der Waals surface area contributed by atoms with Gasteiger partial charge in [0.1, 0.15) is 0 Å². The summed E-state index contributed by atoms with van der Waals surface area (Å²) in [6.45, 7) is 6.54. The third-order valence-corrected chi connectivity index (χ3v) is 7.11. The Balaban J connectivity index is 1.61. The fraction of sp³-hybridized carbons (Fsp3) is 0.526. The zero-order valence-corrected chi connectivity index (χ0v) is 15.2. The van der Waals surface area contributed by atoms with Gasteiger partial charge in [-0.3, -0.25) is 9.69 Å². The first-order chi connectivity index (χ1) is 11.9. The van der Waals surface area contributed by atoms with Crippen LogP contribution in [0.4, 0.5) is 8.78 Å². The number of carbonyl (C=O) groups is 1. The summed E-state index contributed by atoms with van der Waals surface area (Å²) < 4.78 is 26.9. The smallest absolute Gasteiger partial charge is 0.265 e. The number of rotatable bonds is 3. The Hall–Kier alpha value is -1.53. The number of fused-ring (bicyclic) bond motifs is 4. The summed E-state index contributed by atoms with van der Waals surface area (Å²) in [5.74, 6) is 0.350. The Morgan fingerprint density at radius 3 is 2.68 bits per heavy atom. The van der Waals surface area contributed by atoms with Gasteiger partial charge in [-0.25, -0.2) is 8.78 Å². The van der Waals surface area contributed by atoms with E-state index >= 15 is 0 Å². The summed E-state index contributed by atoms with van der Waals surface area (Å²) in [5.41, 5.74) is -0.0635. The third kappa shape index (κ3) is 2.75. The Bertz CT molecular complexity index is 809. The molecule has 3 fully saturated rings. The predicted octanol–water partition coefficient (Wildman–Crippen LogP) is 4.44. The highest BCUT2D eigenvalue weighted by Crippen LogP contribution is 2.39. The minimum absolute atomic E-state index is 0.00437. The van der Waals surface area contributed by atoms with E-state index in [-0.39, 0.29) is 23.1 Å². The number of hydrogen-bond acceptors (Lipinski definition) is 3. The lowest BCUT2D eigenvalue weighted by Gasteiger charge is -2.56. The van der Waals surface area contributed by atoms with E-state index in [1.807, 2.05) is 0 Å². The van der Waals surface area contributed by atoms with Gasteiger partial charge in [-0.2, -0.15) is 0 Å². The van der Waals surface area contributed by atoms with E-state index in [0.29, 0.717) is 20.9 Å². The maximum Gasteiger partial charge on any atom is 0.265 e. The number of hydrogen-bond donors (Lipinski definition) is 1. The van der Waals surface area contributed by atoms with Gasteiger partial charge >= 0.3 is 0 Å². The van der Waals surface area contributed by atoms with Crippen molar-refractivity contribution in [2.24, 2.45) is 5.92 Å². The summed E-state index contributed by atoms with van der Waals surface area (Å²) in [4.78, 5) is 15.8. The Morgan fingerprint density at radius 1 is 1.32 bits per heavy atom. The van der Waals surface area contributed by atoms with E-state index in [1.165, 1.54) is 6.07 Å². The van der Waals surface area contributed by atoms with E-state index < -0.39 is 6.43 Å². The topological polar surface area (TPSA) is 32.3 Å². The van der Waals surface area contributed by atoms with Crippen LogP contribution in [0, 0.1) is 5.92 Å². The van der Waals surface area contributed by atoms with Crippen LogP contribution >= 0.6 is 11.3 Å². The maximum absolute atomic E-state index is 13.2. The molecule has 2 aromatic rings. The van der Waals surface area contributed by atoms with Gasteiger partial charge < -0.3 is 5.32 Å². The molecule has 0 radical (unpaired) electrons. The molecule has 134 valence electrons. The Labute approximate surface area is 150 Å². The van der Waals surface area contributed by atoms with Crippen molar-refractivity contribution >= 4 is 27.3 Å². The average molecular weight is 364 g/mol. The van der Waals surface area contributed by atoms with Crippen LogP contribution in [0.5, 0.6) is 0 Å². The number of halogens is 2. The third-order valence-electron chi connectivity index (χ3n) is 5.91. The first-order valence-corrected chi connectivity index (χ1v) is 9.56. The van der Waals surface area contributed by atoms with Crippen LogP contribution in [0.25, 0.3) is 10.1 Å². The lowest BCUT2D eigenvalue weighted by atomic mass is 9.72. The molecule has 0 spiro atoms. The summed E-state index contributed by atoms with van der Waals surface area (Å²) in [6, 6.07) is 6.67. The fourth-order valence-electron chi connectivity index (χ4n) is 4.46. The van der Waals surface area contributed by atoms with Crippen molar-refractivity contribution in [2.45, 2.75) is 44.7 Å². The second kappa shape index (κ2) is 6.02. The molecule has 3 saturated heterocycles. The zero-order chi connectivity index (χ0) is 17.8. The van der Waals surface area contributed by atoms with Crippen LogP contribution in [0.3, 0.4) is 0 Å². The molecular formula is C19H22F2N2OS. The molecule has 5 rings (SSSR count). The molecule has 0 saturated carbocycles. The van der Waals surface area contributed by atoms with Crippen molar-refractivity contribution in [1.82, 2.24) is 10.2 Å². The fourth-order valence-corrected chi connectivity index (χ4v) is 5.54. The van der Waals surface area contributed by atoms with E-state index in [1.54, 1.807) is 18.2 Å². The average Bonchev–Trinajstić information content (AvgIpc) is 3.02. The number of thiophene rings is 1. The molecule has 0 aliphatic carbocycles. The molecular weight excluding hydrogens is 342 g/mol. The number of benzene rings is 1. The van der Waals surface area contributed by atoms with Crippen LogP contribution in [0.2, 0.25) is 0 Å². The van der Waals surface area contributed by atoms with Gasteiger partial charge in [0.25, 0.3) is 12.3 Å². The van der Waals surface area contributed by atoms with Gasteiger partial charge in [-0.15, -0.1) is 11.3 Å². The van der Waals surface area contributed by atoms with E-state index in [2.05, 4.69) is 24.1 Å². The second-order valence-corrected chi connectivity index (χ2v) is 8.66. The van der Waals surface area contributed by atoms with Crippen molar-refractivity contribution in [3.8, 4) is 0 Å². The minimum Gasteiger partial charge on any atom is -0.346 e. The highest BCUT2D eigenvalue weighted by molar-refractivity contribution is 7.21. The van der Waals surface area contributed by atoms with Crippen molar-refractivity contribution in [2.75, 3.05) is 13.1 Å². The van der Waals surface area contributed by atoms with Crippen molar-refractivity contribution < 1.29 is 13.6 Å². The summed E-state index contributed by atoms with van der Waals surface area (Å²) in [5, 5.41) is 3.92. The molecule has 4 heterocycles. The van der Waals surface area contributed by atoms with Crippen molar-refractivity contribution in [3.63, 3.8) is 0 Å². The lowest BCUT2D eigenvalue weighted by molar-refractivity contribution is -0.0377. The monoisotopic (exact) mass is 364 g/mol. The predicted molar refractivity (Wildman–Crippen MR) is 96.4 cm³/mol. The number of piperidine rings is 3. The number of nitrogens with zero attached hydrogens (tertiary/aromatic N) is 1. The summed E-state index contributed by atoms with van der Waals surface area (Å²) in [7, 11) is 0. The van der Waals surface area contributed by atoms with Crippen LogP contribution in [-0.4, -0.2) is 35.5 Å². The highest BCUT2D eigenvalue weighted by atomic mass is 32.1. The van der Waals surface area contributed by atoms with Crippen molar-refractivity contribution in [3.05, 3.63) is 34.7 Å². The first-order valence-electron chi connectivity index (χ1n) is 8.74. The number of amides is 1. The second-order valence-electron chi connectivity index (χ2n) is 7.61. The summed E-state index contributed by atoms with van der Waals surface area (Å²) in [6.07, 6.45) is -0.314. The molecule has 3 aliphatic rings. The number of alkyl halides is 2. The summed E-state index contributed by atoms with van der Waals surface area (Å²) >= 11 is 1.16. The first kappa shape index (κ1) is 16.9. The number of carbonyl (C=O) groups excluding carboxylic acids is 1. The molecule has 3 aliphatic heterocycles. The standard InChI is InChI=1S/C19H22F2N2OS/c1-19(2)16(11-6-8-23(19)9-7-11)22-18(24)14-10-12-4-3-5-13(17(20)21)15(12)25-14/h3-5,10-11,16-17H,6-9H2,1-2H3,(H,22,24)/t16-/m1/s1. The van der Waals surface area contributed by atoms with Gasteiger partial charge in [0, 0.05) is 21.8 Å². The van der Waals surface area contributed by atoms with E-state index in [9.17, 15) is 13.6 Å². The number of nitrogens with one attached hydrogen (secondary N) is 1. The molecule has 1 aromatic carbocycles. The molecule has 25 heavy (non-hydrogen) atoms. The van der Waals surface area contributed by atoms with Crippen molar-refractivity contribution in [1.29, 1.82) is 0 Å². The largest absolute Gasteiger partial charge is 0.346 e. The normalized spacial score (nSPS) is 27.8. The highest BCUT2D eigenvalue weighted by Gasteiger charge is 2.48. The van der Waals surface area contributed by atoms with Crippen LogP contribution in [0.1, 0.15) is 48.3 Å². The zero-order valence-electron chi connectivity index (χ0n) is 14.4. The van der Waals surface area contributed by atoms with Gasteiger partial charge in [0.15, 0.2) is 0 Å². The molecule has 1 N–H and O–H groups in total. The molecule has 6 heteroatoms. The maximum atomic E-state index is 13.2. The molecule has 1 atom stereocenters.